The highest BCUT2D eigenvalue weighted by Crippen LogP contribution is 2.18. The summed E-state index contributed by atoms with van der Waals surface area (Å²) in [5, 5.41) is 9.31. The normalized spacial score (nSPS) is 16.9. The number of fused-ring (bicyclic) bond motifs is 1. The van der Waals surface area contributed by atoms with Crippen molar-refractivity contribution in [3.8, 4) is 5.69 Å². The zero-order chi connectivity index (χ0) is 21.1. The van der Waals surface area contributed by atoms with Crippen LogP contribution in [0.2, 0.25) is 0 Å². The largest absolute Gasteiger partial charge is 0.343 e. The van der Waals surface area contributed by atoms with Crippen LogP contribution in [0, 0.1) is 0 Å². The minimum atomic E-state index is -3.61. The maximum absolute atomic E-state index is 12.5. The number of aromatic nitrogens is 2. The molecule has 0 saturated carbocycles. The van der Waals surface area contributed by atoms with Gasteiger partial charge in [-0.1, -0.05) is 0 Å². The summed E-state index contributed by atoms with van der Waals surface area (Å²) in [6.07, 6.45) is 8.24. The van der Waals surface area contributed by atoms with Crippen molar-refractivity contribution in [2.24, 2.45) is 4.40 Å². The molecule has 4 rings (SSSR count). The third-order valence-electron chi connectivity index (χ3n) is 4.43. The molecule has 0 aliphatic carbocycles. The summed E-state index contributed by atoms with van der Waals surface area (Å²) in [4.78, 5) is 26.3. The van der Waals surface area contributed by atoms with Crippen molar-refractivity contribution in [3.05, 3.63) is 66.7 Å². The van der Waals surface area contributed by atoms with Gasteiger partial charge in [0.25, 0.3) is 15.9 Å². The van der Waals surface area contributed by atoms with Crippen molar-refractivity contribution in [3.63, 3.8) is 0 Å². The Kier molecular flexibility index (Phi) is 5.19. The average Bonchev–Trinajstić information content (AvgIpc) is 3.26. The number of amidine groups is 1. The minimum absolute atomic E-state index is 0.0656. The zero-order valence-electron chi connectivity index (χ0n) is 15.7. The quantitative estimate of drug-likeness (QED) is 0.714. The van der Waals surface area contributed by atoms with Crippen LogP contribution in [0.1, 0.15) is 0 Å². The molecule has 2 aliphatic heterocycles. The molecular formula is C19H18N6O4S. The summed E-state index contributed by atoms with van der Waals surface area (Å²) >= 11 is 0. The molecule has 154 valence electrons. The predicted molar refractivity (Wildman–Crippen MR) is 110 cm³/mol. The fourth-order valence-electron chi connectivity index (χ4n) is 2.97. The molecular weight excluding hydrogens is 408 g/mol. The maximum Gasteiger partial charge on any atom is 0.256 e. The van der Waals surface area contributed by atoms with Gasteiger partial charge >= 0.3 is 0 Å². The van der Waals surface area contributed by atoms with Crippen LogP contribution in [0.15, 0.2) is 71.0 Å². The Hall–Kier alpha value is -3.73. The van der Waals surface area contributed by atoms with Gasteiger partial charge in [-0.15, -0.1) is 4.40 Å². The van der Waals surface area contributed by atoms with E-state index >= 15 is 0 Å². The van der Waals surface area contributed by atoms with Gasteiger partial charge in [-0.3, -0.25) is 9.59 Å². The van der Waals surface area contributed by atoms with Gasteiger partial charge in [0, 0.05) is 30.8 Å². The van der Waals surface area contributed by atoms with Crippen molar-refractivity contribution in [2.45, 2.75) is 0 Å². The van der Waals surface area contributed by atoms with E-state index in [1.54, 1.807) is 58.5 Å². The molecule has 0 atom stereocenters. The molecule has 2 aliphatic rings. The highest BCUT2D eigenvalue weighted by molar-refractivity contribution is 7.90. The SMILES string of the molecule is O=C(CNC(=O)C1=CC=CN2CCS(=O)(=O)N=C12)Nc1ccc(-n2cccn2)cc1. The Balaban J connectivity index is 1.36. The average molecular weight is 426 g/mol. The van der Waals surface area contributed by atoms with Crippen LogP contribution in [0.25, 0.3) is 5.69 Å². The van der Waals surface area contributed by atoms with Gasteiger partial charge in [0.05, 0.1) is 23.6 Å². The van der Waals surface area contributed by atoms with Crippen molar-refractivity contribution in [1.82, 2.24) is 20.0 Å². The second-order valence-corrected chi connectivity index (χ2v) is 8.30. The van der Waals surface area contributed by atoms with E-state index in [1.807, 2.05) is 6.07 Å². The van der Waals surface area contributed by atoms with E-state index in [0.717, 1.165) is 5.69 Å². The highest BCUT2D eigenvalue weighted by atomic mass is 32.2. The van der Waals surface area contributed by atoms with E-state index in [4.69, 9.17) is 0 Å². The third kappa shape index (κ3) is 4.30. The van der Waals surface area contributed by atoms with Crippen LogP contribution in [-0.4, -0.2) is 59.6 Å². The maximum atomic E-state index is 12.5. The molecule has 0 unspecified atom stereocenters. The summed E-state index contributed by atoms with van der Waals surface area (Å²) in [7, 11) is -3.61. The molecule has 30 heavy (non-hydrogen) atoms. The number of carbonyl (C=O) groups is 2. The van der Waals surface area contributed by atoms with Crippen LogP contribution < -0.4 is 10.6 Å². The number of nitrogens with zero attached hydrogens (tertiary/aromatic N) is 4. The lowest BCUT2D eigenvalue weighted by molar-refractivity contribution is -0.121. The number of hydrogen-bond acceptors (Lipinski definition) is 6. The molecule has 2 N–H and O–H groups in total. The summed E-state index contributed by atoms with van der Waals surface area (Å²) in [6, 6.07) is 8.87. The molecule has 0 radical (unpaired) electrons. The lowest BCUT2D eigenvalue weighted by Gasteiger charge is -2.28. The second-order valence-electron chi connectivity index (χ2n) is 6.54. The van der Waals surface area contributed by atoms with Crippen LogP contribution in [0.5, 0.6) is 0 Å². The molecule has 3 heterocycles. The first-order valence-electron chi connectivity index (χ1n) is 9.07. The topological polar surface area (TPSA) is 126 Å². The summed E-state index contributed by atoms with van der Waals surface area (Å²) in [5.41, 5.74) is 1.51. The van der Waals surface area contributed by atoms with Crippen LogP contribution >= 0.6 is 0 Å². The van der Waals surface area contributed by atoms with Gasteiger partial charge in [0.15, 0.2) is 5.84 Å². The van der Waals surface area contributed by atoms with Crippen LogP contribution in [0.3, 0.4) is 0 Å². The van der Waals surface area contributed by atoms with Crippen molar-refractivity contribution in [2.75, 3.05) is 24.2 Å². The molecule has 0 fully saturated rings. The van der Waals surface area contributed by atoms with Crippen molar-refractivity contribution >= 4 is 33.4 Å². The number of anilines is 1. The van der Waals surface area contributed by atoms with Gasteiger partial charge in [0.2, 0.25) is 5.91 Å². The molecule has 0 saturated heterocycles. The van der Waals surface area contributed by atoms with Crippen molar-refractivity contribution in [1.29, 1.82) is 0 Å². The predicted octanol–water partition coefficient (Wildman–Crippen LogP) is 0.425. The molecule has 1 aromatic carbocycles. The van der Waals surface area contributed by atoms with Gasteiger partial charge < -0.3 is 15.5 Å². The monoisotopic (exact) mass is 426 g/mol. The first-order valence-corrected chi connectivity index (χ1v) is 10.7. The molecule has 11 heteroatoms. The van der Waals surface area contributed by atoms with Crippen LogP contribution in [0.4, 0.5) is 5.69 Å². The van der Waals surface area contributed by atoms with E-state index in [9.17, 15) is 18.0 Å². The Morgan fingerprint density at radius 3 is 2.70 bits per heavy atom. The number of benzene rings is 1. The fraction of sp³-hybridized carbons (Fsp3) is 0.158. The fourth-order valence-corrected chi connectivity index (χ4v) is 3.96. The standard InChI is InChI=1S/C19H18N6O4S/c26-17(22-14-4-6-15(7-5-14)25-10-2-8-21-25)13-20-19(27)16-3-1-9-24-11-12-30(28,29)23-18(16)24/h1-10H,11-13H2,(H,20,27)(H,22,26). The minimum Gasteiger partial charge on any atom is -0.343 e. The van der Waals surface area contributed by atoms with Gasteiger partial charge in [-0.25, -0.2) is 13.1 Å². The Morgan fingerprint density at radius 2 is 1.97 bits per heavy atom. The smallest absolute Gasteiger partial charge is 0.256 e. The summed E-state index contributed by atoms with van der Waals surface area (Å²) in [5.74, 6) is -1.05. The van der Waals surface area contributed by atoms with Crippen molar-refractivity contribution < 1.29 is 18.0 Å². The Morgan fingerprint density at radius 1 is 1.17 bits per heavy atom. The van der Waals surface area contributed by atoms with Gasteiger partial charge in [-0.05, 0) is 42.5 Å². The first kappa shape index (κ1) is 19.6. The number of allylic oxidation sites excluding steroid dienone is 2. The summed E-state index contributed by atoms with van der Waals surface area (Å²) < 4.78 is 28.9. The van der Waals surface area contributed by atoms with E-state index in [-0.39, 0.29) is 30.3 Å². The van der Waals surface area contributed by atoms with Gasteiger partial charge in [-0.2, -0.15) is 5.10 Å². The molecule has 0 spiro atoms. The summed E-state index contributed by atoms with van der Waals surface area (Å²) in [6.45, 7) is -0.0574. The lowest BCUT2D eigenvalue weighted by Crippen LogP contribution is -2.43. The number of nitrogens with one attached hydrogen (secondary N) is 2. The molecule has 1 aromatic heterocycles. The Bertz CT molecular complexity index is 1160. The lowest BCUT2D eigenvalue weighted by atomic mass is 10.1. The number of sulfonamides is 1. The van der Waals surface area contributed by atoms with E-state index in [1.165, 1.54) is 6.08 Å². The van der Waals surface area contributed by atoms with Crippen LogP contribution in [-0.2, 0) is 19.6 Å². The van der Waals surface area contributed by atoms with E-state index in [0.29, 0.717) is 5.69 Å². The van der Waals surface area contributed by atoms with Gasteiger partial charge in [0.1, 0.15) is 0 Å². The molecule has 10 nitrogen and oxygen atoms in total. The number of hydrogen-bond donors (Lipinski definition) is 2. The number of amides is 2. The van der Waals surface area contributed by atoms with E-state index in [2.05, 4.69) is 20.1 Å². The second kappa shape index (κ2) is 7.95. The number of rotatable bonds is 5. The number of carbonyl (C=O) groups excluding carboxylic acids is 2. The third-order valence-corrected chi connectivity index (χ3v) is 5.58. The van der Waals surface area contributed by atoms with E-state index < -0.39 is 21.8 Å². The zero-order valence-corrected chi connectivity index (χ0v) is 16.5. The first-order chi connectivity index (χ1) is 14.4. The molecule has 0 bridgehead atoms. The Labute approximate surface area is 172 Å². The molecule has 2 aromatic rings. The molecule has 2 amide bonds. The highest BCUT2D eigenvalue weighted by Gasteiger charge is 2.29.